The number of rotatable bonds is 15. The fourth-order valence-corrected chi connectivity index (χ4v) is 7.07. The minimum atomic E-state index is -0.332. The van der Waals surface area contributed by atoms with Gasteiger partial charge in [-0.25, -0.2) is 0 Å². The molecule has 0 unspecified atom stereocenters. The predicted molar refractivity (Wildman–Crippen MR) is 183 cm³/mol. The van der Waals surface area contributed by atoms with Crippen molar-refractivity contribution in [1.29, 1.82) is 0 Å². The zero-order chi connectivity index (χ0) is 32.2. The van der Waals surface area contributed by atoms with Gasteiger partial charge < -0.3 is 9.13 Å². The topological polar surface area (TPSA) is 122 Å². The molecule has 0 N–H and O–H groups in total. The second kappa shape index (κ2) is 13.6. The van der Waals surface area contributed by atoms with Crippen molar-refractivity contribution >= 4 is 55.0 Å². The Morgan fingerprint density at radius 2 is 0.913 bits per heavy atom. The summed E-state index contributed by atoms with van der Waals surface area (Å²) in [6, 6.07) is 14.2. The molecule has 2 aromatic carbocycles. The molecule has 0 fully saturated rings. The van der Waals surface area contributed by atoms with Crippen molar-refractivity contribution in [3.05, 3.63) is 92.5 Å². The molecule has 6 rings (SSSR count). The summed E-state index contributed by atoms with van der Waals surface area (Å²) in [5.41, 5.74) is 6.35. The molecule has 10 heteroatoms. The minimum Gasteiger partial charge on any atom is -0.339 e. The van der Waals surface area contributed by atoms with Gasteiger partial charge in [-0.2, -0.15) is 0 Å². The molecule has 0 aliphatic rings. The highest BCUT2D eigenvalue weighted by Crippen LogP contribution is 2.34. The van der Waals surface area contributed by atoms with Gasteiger partial charge in [0.25, 0.3) is 11.4 Å². The first-order valence-electron chi connectivity index (χ1n) is 16.4. The number of hydrogen-bond acceptors (Lipinski definition) is 6. The molecule has 4 aromatic heterocycles. The number of non-ortho nitro benzene ring substituents is 2. The number of nitrogens with zero attached hydrogens (tertiary/aromatic N) is 6. The number of fused-ring (bicyclic) bond motifs is 6. The van der Waals surface area contributed by atoms with E-state index in [4.69, 9.17) is 0 Å². The zero-order valence-corrected chi connectivity index (χ0v) is 26.6. The van der Waals surface area contributed by atoms with Gasteiger partial charge >= 0.3 is 0 Å². The van der Waals surface area contributed by atoms with Crippen LogP contribution in [0.15, 0.2) is 60.9 Å². The van der Waals surface area contributed by atoms with E-state index in [1.165, 1.54) is 38.5 Å². The van der Waals surface area contributed by atoms with Gasteiger partial charge in [0, 0.05) is 82.3 Å². The van der Waals surface area contributed by atoms with Crippen LogP contribution in [0.4, 0.5) is 11.4 Å². The van der Waals surface area contributed by atoms with Crippen molar-refractivity contribution in [2.24, 2.45) is 0 Å². The molecule has 0 aliphatic carbocycles. The number of aryl methyl sites for hydroxylation is 4. The average molecular weight is 621 g/mol. The number of aromatic nitrogens is 4. The number of nitro groups is 2. The zero-order valence-electron chi connectivity index (χ0n) is 26.6. The van der Waals surface area contributed by atoms with Crippen LogP contribution in [0, 0.1) is 34.1 Å². The van der Waals surface area contributed by atoms with Crippen molar-refractivity contribution in [1.82, 2.24) is 19.1 Å². The molecule has 10 nitrogen and oxygen atoms in total. The Labute approximate surface area is 267 Å². The number of nitro benzene ring substituents is 2. The van der Waals surface area contributed by atoms with E-state index in [1.807, 2.05) is 38.1 Å². The number of hydrogen-bond donors (Lipinski definition) is 0. The third-order valence-electron chi connectivity index (χ3n) is 9.31. The van der Waals surface area contributed by atoms with Crippen LogP contribution in [0.1, 0.15) is 75.6 Å². The number of benzene rings is 2. The normalized spacial score (nSPS) is 11.8. The molecule has 0 amide bonds. The fourth-order valence-electron chi connectivity index (χ4n) is 7.07. The summed E-state index contributed by atoms with van der Waals surface area (Å²) in [6.07, 6.45) is 15.4. The molecule has 0 saturated heterocycles. The molecule has 0 aliphatic heterocycles. The molecular weight excluding hydrogens is 580 g/mol. The maximum absolute atomic E-state index is 11.4. The molecule has 46 heavy (non-hydrogen) atoms. The van der Waals surface area contributed by atoms with Crippen LogP contribution in [-0.2, 0) is 13.1 Å². The second-order valence-corrected chi connectivity index (χ2v) is 12.3. The van der Waals surface area contributed by atoms with Crippen LogP contribution in [0.25, 0.3) is 43.6 Å². The first kappa shape index (κ1) is 31.1. The van der Waals surface area contributed by atoms with Crippen molar-refractivity contribution in [3.63, 3.8) is 0 Å². The Morgan fingerprint density at radius 1 is 0.543 bits per heavy atom. The molecule has 238 valence electrons. The third kappa shape index (κ3) is 6.16. The first-order valence-corrected chi connectivity index (χ1v) is 16.4. The maximum Gasteiger partial charge on any atom is 0.270 e. The van der Waals surface area contributed by atoms with Gasteiger partial charge in [0.05, 0.1) is 32.3 Å². The molecule has 0 atom stereocenters. The number of pyridine rings is 2. The first-order chi connectivity index (χ1) is 22.3. The summed E-state index contributed by atoms with van der Waals surface area (Å²) in [5.74, 6) is 0. The molecule has 0 spiro atoms. The van der Waals surface area contributed by atoms with E-state index in [1.54, 1.807) is 36.7 Å². The molecule has 0 bridgehead atoms. The van der Waals surface area contributed by atoms with Gasteiger partial charge in [0.15, 0.2) is 0 Å². The van der Waals surface area contributed by atoms with E-state index in [0.717, 1.165) is 93.8 Å². The summed E-state index contributed by atoms with van der Waals surface area (Å²) >= 11 is 0. The summed E-state index contributed by atoms with van der Waals surface area (Å²) < 4.78 is 4.58. The van der Waals surface area contributed by atoms with E-state index >= 15 is 0 Å². The van der Waals surface area contributed by atoms with E-state index in [0.29, 0.717) is 0 Å². The van der Waals surface area contributed by atoms with Crippen molar-refractivity contribution < 1.29 is 9.85 Å². The highest BCUT2D eigenvalue weighted by atomic mass is 16.6. The van der Waals surface area contributed by atoms with Gasteiger partial charge in [0.2, 0.25) is 0 Å². The van der Waals surface area contributed by atoms with Gasteiger partial charge in [-0.3, -0.25) is 30.2 Å². The smallest absolute Gasteiger partial charge is 0.270 e. The lowest BCUT2D eigenvalue weighted by atomic mass is 10.1. The lowest BCUT2D eigenvalue weighted by molar-refractivity contribution is -0.384. The molecule has 0 saturated carbocycles. The van der Waals surface area contributed by atoms with Crippen LogP contribution in [0.5, 0.6) is 0 Å². The van der Waals surface area contributed by atoms with Gasteiger partial charge in [-0.15, -0.1) is 0 Å². The molecular formula is C36H40N6O4. The van der Waals surface area contributed by atoms with Crippen LogP contribution >= 0.6 is 0 Å². The fraction of sp³-hybridized carbons (Fsp3) is 0.389. The predicted octanol–water partition coefficient (Wildman–Crippen LogP) is 9.73. The van der Waals surface area contributed by atoms with E-state index in [-0.39, 0.29) is 21.2 Å². The third-order valence-corrected chi connectivity index (χ3v) is 9.31. The lowest BCUT2D eigenvalue weighted by Gasteiger charge is -2.09. The SMILES string of the molecule is Cc1nccc2c3cc([N+](=O)[O-])ccc3n(CCCCCCCCCCCCn3c4ccc([N+](=O)[O-])cc4c4ccnc(C)c43)c12. The Hall–Kier alpha value is -4.86. The van der Waals surface area contributed by atoms with Crippen LogP contribution < -0.4 is 0 Å². The average Bonchev–Trinajstić information content (AvgIpc) is 3.54. The maximum atomic E-state index is 11.4. The quantitative estimate of drug-likeness (QED) is 0.0640. The van der Waals surface area contributed by atoms with Gasteiger partial charge in [-0.05, 0) is 51.0 Å². The summed E-state index contributed by atoms with van der Waals surface area (Å²) in [6.45, 7) is 5.76. The Morgan fingerprint density at radius 3 is 1.28 bits per heavy atom. The standard InChI is InChI=1S/C36H40N6O4/c1-25-35-29(17-19-37-25)31-23-27(41(43)44)13-15-33(31)39(35)21-11-9-7-5-3-4-6-8-10-12-22-40-34-16-14-28(42(45)46)24-32(34)30-18-20-38-26(2)36(30)40/h13-20,23-24H,3-12,21-22H2,1-2H3. The van der Waals surface area contributed by atoms with E-state index in [2.05, 4.69) is 19.1 Å². The highest BCUT2D eigenvalue weighted by Gasteiger charge is 2.18. The molecule has 6 aromatic rings. The van der Waals surface area contributed by atoms with Crippen molar-refractivity contribution in [2.45, 2.75) is 91.1 Å². The number of unbranched alkanes of at least 4 members (excludes halogenated alkanes) is 9. The summed E-state index contributed by atoms with van der Waals surface area (Å²) in [4.78, 5) is 31.1. The highest BCUT2D eigenvalue weighted by molar-refractivity contribution is 6.10. The van der Waals surface area contributed by atoms with Gasteiger partial charge in [-0.1, -0.05) is 51.4 Å². The lowest BCUT2D eigenvalue weighted by Crippen LogP contribution is -2.00. The van der Waals surface area contributed by atoms with Gasteiger partial charge in [0.1, 0.15) is 0 Å². The minimum absolute atomic E-state index is 0.117. The Bertz CT molecular complexity index is 1910. The Kier molecular flexibility index (Phi) is 9.23. The van der Waals surface area contributed by atoms with Crippen LogP contribution in [-0.4, -0.2) is 28.9 Å². The Balaban J connectivity index is 0.934. The molecule has 4 heterocycles. The molecule has 0 radical (unpaired) electrons. The summed E-state index contributed by atoms with van der Waals surface area (Å²) in [7, 11) is 0. The second-order valence-electron chi connectivity index (χ2n) is 12.3. The summed E-state index contributed by atoms with van der Waals surface area (Å²) in [5, 5.41) is 26.6. The van der Waals surface area contributed by atoms with E-state index in [9.17, 15) is 20.2 Å². The monoisotopic (exact) mass is 620 g/mol. The van der Waals surface area contributed by atoms with Crippen LogP contribution in [0.3, 0.4) is 0 Å². The van der Waals surface area contributed by atoms with Crippen molar-refractivity contribution in [2.75, 3.05) is 0 Å². The largest absolute Gasteiger partial charge is 0.339 e. The van der Waals surface area contributed by atoms with Crippen LogP contribution in [0.2, 0.25) is 0 Å². The van der Waals surface area contributed by atoms with E-state index < -0.39 is 0 Å². The van der Waals surface area contributed by atoms with Crippen molar-refractivity contribution in [3.8, 4) is 0 Å².